The van der Waals surface area contributed by atoms with Crippen molar-refractivity contribution in [3.05, 3.63) is 90.2 Å². The largest absolute Gasteiger partial charge is 0.497 e. The molecule has 190 valence electrons. The molecule has 3 rings (SSSR count). The Bertz CT molecular complexity index is 1320. The average molecular weight is 514 g/mol. The Labute approximate surface area is 210 Å². The number of likely N-dealkylation sites (N-methyl/N-ethyl adjacent to an activating group) is 1. The maximum atomic E-state index is 14.4. The second-order valence-corrected chi connectivity index (χ2v) is 9.79. The van der Waals surface area contributed by atoms with Crippen molar-refractivity contribution in [2.24, 2.45) is 0 Å². The minimum atomic E-state index is -4.18. The van der Waals surface area contributed by atoms with Gasteiger partial charge in [-0.3, -0.25) is 13.9 Å². The third kappa shape index (κ3) is 6.01. The van der Waals surface area contributed by atoms with Crippen molar-refractivity contribution < 1.29 is 27.1 Å². The minimum Gasteiger partial charge on any atom is -0.497 e. The van der Waals surface area contributed by atoms with Crippen molar-refractivity contribution >= 4 is 27.5 Å². The van der Waals surface area contributed by atoms with Crippen molar-refractivity contribution in [1.82, 2.24) is 10.2 Å². The molecule has 0 unspecified atom stereocenters. The molecule has 0 aliphatic heterocycles. The van der Waals surface area contributed by atoms with E-state index in [4.69, 9.17) is 4.74 Å². The highest BCUT2D eigenvalue weighted by atomic mass is 32.2. The Morgan fingerprint density at radius 3 is 2.31 bits per heavy atom. The van der Waals surface area contributed by atoms with E-state index < -0.39 is 40.2 Å². The zero-order valence-electron chi connectivity index (χ0n) is 20.2. The first-order valence-electron chi connectivity index (χ1n) is 11.2. The number of amides is 2. The van der Waals surface area contributed by atoms with Crippen LogP contribution in [0.1, 0.15) is 12.5 Å². The monoisotopic (exact) mass is 513 g/mol. The van der Waals surface area contributed by atoms with E-state index in [1.807, 2.05) is 0 Å². The van der Waals surface area contributed by atoms with Crippen LogP contribution in [0.4, 0.5) is 10.1 Å². The maximum absolute atomic E-state index is 14.4. The van der Waals surface area contributed by atoms with Gasteiger partial charge in [-0.05, 0) is 37.3 Å². The van der Waals surface area contributed by atoms with Crippen LogP contribution in [-0.2, 0) is 26.2 Å². The molecule has 0 saturated heterocycles. The van der Waals surface area contributed by atoms with Gasteiger partial charge in [-0.1, -0.05) is 42.5 Å². The molecule has 3 aromatic rings. The summed E-state index contributed by atoms with van der Waals surface area (Å²) in [4.78, 5) is 27.2. The highest BCUT2D eigenvalue weighted by Gasteiger charge is 2.32. The first kappa shape index (κ1) is 26.7. The Kier molecular flexibility index (Phi) is 8.65. The molecular weight excluding hydrogens is 485 g/mol. The van der Waals surface area contributed by atoms with Crippen LogP contribution in [-0.4, -0.2) is 51.9 Å². The van der Waals surface area contributed by atoms with Gasteiger partial charge in [0.15, 0.2) is 0 Å². The molecule has 1 N–H and O–H groups in total. The summed E-state index contributed by atoms with van der Waals surface area (Å²) in [5.74, 6) is -1.30. The van der Waals surface area contributed by atoms with Gasteiger partial charge in [-0.2, -0.15) is 0 Å². The molecule has 0 spiro atoms. The number of anilines is 1. The number of carbonyl (C=O) groups is 2. The number of hydrogen-bond donors (Lipinski definition) is 1. The number of carbonyl (C=O) groups excluding carboxylic acids is 2. The number of benzene rings is 3. The summed E-state index contributed by atoms with van der Waals surface area (Å²) in [5, 5.41) is 2.48. The van der Waals surface area contributed by atoms with Gasteiger partial charge >= 0.3 is 0 Å². The summed E-state index contributed by atoms with van der Waals surface area (Å²) >= 11 is 0. The van der Waals surface area contributed by atoms with Crippen molar-refractivity contribution in [1.29, 1.82) is 0 Å². The molecule has 0 saturated carbocycles. The number of nitrogens with zero attached hydrogens (tertiary/aromatic N) is 2. The van der Waals surface area contributed by atoms with Crippen molar-refractivity contribution in [2.45, 2.75) is 24.4 Å². The van der Waals surface area contributed by atoms with Gasteiger partial charge < -0.3 is 15.0 Å². The van der Waals surface area contributed by atoms with Gasteiger partial charge in [0, 0.05) is 25.2 Å². The third-order valence-electron chi connectivity index (χ3n) is 5.66. The lowest BCUT2D eigenvalue weighted by Gasteiger charge is -2.32. The third-order valence-corrected chi connectivity index (χ3v) is 7.45. The molecule has 10 heteroatoms. The van der Waals surface area contributed by atoms with Crippen LogP contribution in [0.15, 0.2) is 83.8 Å². The lowest BCUT2D eigenvalue weighted by molar-refractivity contribution is -0.139. The summed E-state index contributed by atoms with van der Waals surface area (Å²) in [7, 11) is -1.32. The molecule has 0 bridgehead atoms. The summed E-state index contributed by atoms with van der Waals surface area (Å²) in [6.07, 6.45) is 0. The number of hydrogen-bond acceptors (Lipinski definition) is 5. The number of nitrogens with one attached hydrogen (secondary N) is 1. The topological polar surface area (TPSA) is 96.0 Å². The molecule has 0 radical (unpaired) electrons. The number of sulfonamides is 1. The molecule has 0 fully saturated rings. The van der Waals surface area contributed by atoms with Crippen molar-refractivity contribution in [3.8, 4) is 5.75 Å². The Hall–Kier alpha value is -3.92. The van der Waals surface area contributed by atoms with Gasteiger partial charge in [0.1, 0.15) is 24.2 Å². The van der Waals surface area contributed by atoms with E-state index in [1.54, 1.807) is 42.5 Å². The van der Waals surface area contributed by atoms with E-state index in [-0.39, 0.29) is 22.7 Å². The average Bonchev–Trinajstić information content (AvgIpc) is 2.90. The first-order valence-corrected chi connectivity index (χ1v) is 12.6. The Morgan fingerprint density at radius 2 is 1.67 bits per heavy atom. The van der Waals surface area contributed by atoms with Gasteiger partial charge in [-0.25, -0.2) is 12.8 Å². The zero-order chi connectivity index (χ0) is 26.3. The summed E-state index contributed by atoms with van der Waals surface area (Å²) in [6.45, 7) is 0.650. The van der Waals surface area contributed by atoms with E-state index in [2.05, 4.69) is 5.32 Å². The van der Waals surface area contributed by atoms with Crippen molar-refractivity contribution in [2.75, 3.05) is 25.0 Å². The lowest BCUT2D eigenvalue weighted by Crippen LogP contribution is -2.50. The minimum absolute atomic E-state index is 0.0133. The normalized spacial score (nSPS) is 11.9. The van der Waals surface area contributed by atoms with Crippen LogP contribution in [0.5, 0.6) is 5.75 Å². The SMILES string of the molecule is CNC(=O)[C@@H](C)N(Cc1ccccc1F)C(=O)CN(c1cccc(OC)c1)S(=O)(=O)c1ccccc1. The lowest BCUT2D eigenvalue weighted by atomic mass is 10.1. The molecule has 2 amide bonds. The predicted molar refractivity (Wildman–Crippen MR) is 134 cm³/mol. The second-order valence-electron chi connectivity index (χ2n) is 7.93. The predicted octanol–water partition coefficient (Wildman–Crippen LogP) is 3.19. The van der Waals surface area contributed by atoms with E-state index in [0.29, 0.717) is 5.75 Å². The van der Waals surface area contributed by atoms with Crippen LogP contribution >= 0.6 is 0 Å². The molecule has 0 aliphatic carbocycles. The van der Waals surface area contributed by atoms with E-state index in [0.717, 1.165) is 9.21 Å². The molecule has 3 aromatic carbocycles. The highest BCUT2D eigenvalue weighted by Crippen LogP contribution is 2.27. The fourth-order valence-corrected chi connectivity index (χ4v) is 5.04. The molecule has 36 heavy (non-hydrogen) atoms. The molecule has 0 aromatic heterocycles. The molecule has 0 aliphatic rings. The van der Waals surface area contributed by atoms with E-state index in [1.165, 1.54) is 57.5 Å². The van der Waals surface area contributed by atoms with Crippen LogP contribution < -0.4 is 14.4 Å². The summed E-state index contributed by atoms with van der Waals surface area (Å²) < 4.78 is 47.9. The Morgan fingerprint density at radius 1 is 1.00 bits per heavy atom. The Balaban J connectivity index is 2.05. The fourth-order valence-electron chi connectivity index (χ4n) is 3.62. The first-order chi connectivity index (χ1) is 17.2. The number of ether oxygens (including phenoxy) is 1. The standard InChI is InChI=1S/C26H28FN3O5S/c1-19(26(32)28-2)29(17-20-10-7-8-15-24(20)27)25(31)18-30(21-11-9-12-22(16-21)35-3)36(33,34)23-13-5-4-6-14-23/h4-16,19H,17-18H2,1-3H3,(H,28,32)/t19-/m1/s1. The fraction of sp³-hybridized carbons (Fsp3) is 0.231. The smallest absolute Gasteiger partial charge is 0.264 e. The quantitative estimate of drug-likeness (QED) is 0.449. The molecular formula is C26H28FN3O5S. The molecule has 8 nitrogen and oxygen atoms in total. The summed E-state index contributed by atoms with van der Waals surface area (Å²) in [6, 6.07) is 18.9. The van der Waals surface area contributed by atoms with Gasteiger partial charge in [0.2, 0.25) is 11.8 Å². The van der Waals surface area contributed by atoms with Crippen molar-refractivity contribution in [3.63, 3.8) is 0 Å². The number of halogens is 1. The molecule has 1 atom stereocenters. The van der Waals surface area contributed by atoms with E-state index >= 15 is 0 Å². The second kappa shape index (κ2) is 11.7. The van der Waals surface area contributed by atoms with Crippen LogP contribution in [0.2, 0.25) is 0 Å². The van der Waals surface area contributed by atoms with E-state index in [9.17, 15) is 22.4 Å². The van der Waals surface area contributed by atoms with Gasteiger partial charge in [0.05, 0.1) is 17.7 Å². The maximum Gasteiger partial charge on any atom is 0.264 e. The molecule has 0 heterocycles. The van der Waals surface area contributed by atoms with Gasteiger partial charge in [0.25, 0.3) is 10.0 Å². The summed E-state index contributed by atoms with van der Waals surface area (Å²) in [5.41, 5.74) is 0.394. The highest BCUT2D eigenvalue weighted by molar-refractivity contribution is 7.92. The number of methoxy groups -OCH3 is 1. The van der Waals surface area contributed by atoms with Gasteiger partial charge in [-0.15, -0.1) is 0 Å². The van der Waals surface area contributed by atoms with Crippen LogP contribution in [0, 0.1) is 5.82 Å². The van der Waals surface area contributed by atoms with Crippen LogP contribution in [0.25, 0.3) is 0 Å². The zero-order valence-corrected chi connectivity index (χ0v) is 21.0. The number of rotatable bonds is 10. The van der Waals surface area contributed by atoms with Crippen LogP contribution in [0.3, 0.4) is 0 Å².